The molecule has 0 aromatic heterocycles. The van der Waals surface area contributed by atoms with Crippen molar-refractivity contribution in [1.29, 1.82) is 0 Å². The van der Waals surface area contributed by atoms with Crippen LogP contribution in [0.25, 0.3) is 0 Å². The van der Waals surface area contributed by atoms with Gasteiger partial charge in [-0.3, -0.25) is 0 Å². The second kappa shape index (κ2) is 5.49. The van der Waals surface area contributed by atoms with Crippen LogP contribution in [0.5, 0.6) is 0 Å². The molecule has 1 fully saturated rings. The molecule has 110 valence electrons. The first kappa shape index (κ1) is 14.9. The third-order valence-corrected chi connectivity index (χ3v) is 5.01. The molecule has 0 amide bonds. The van der Waals surface area contributed by atoms with E-state index < -0.39 is 27.2 Å². The summed E-state index contributed by atoms with van der Waals surface area (Å²) in [5.41, 5.74) is -0.633. The number of carbonyl (C=O) groups is 1. The summed E-state index contributed by atoms with van der Waals surface area (Å²) in [7, 11) is -3.69. The molecule has 1 N–H and O–H groups in total. The van der Waals surface area contributed by atoms with Gasteiger partial charge in [0.25, 0.3) is 0 Å². The van der Waals surface area contributed by atoms with Gasteiger partial charge in [0.1, 0.15) is 5.82 Å². The molecule has 5 nitrogen and oxygen atoms in total. The first-order valence-electron chi connectivity index (χ1n) is 6.19. The van der Waals surface area contributed by atoms with Crippen LogP contribution >= 0.6 is 0 Å². The van der Waals surface area contributed by atoms with E-state index in [4.69, 9.17) is 9.84 Å². The van der Waals surface area contributed by atoms with Crippen molar-refractivity contribution in [2.75, 3.05) is 12.4 Å². The molecule has 0 aliphatic carbocycles. The van der Waals surface area contributed by atoms with Crippen LogP contribution < -0.4 is 0 Å². The SMILES string of the molecule is Cc1cc(S(=O)(=O)CC2CCCO2)cc(C(=O)O)c1F. The van der Waals surface area contributed by atoms with Crippen LogP contribution in [0, 0.1) is 12.7 Å². The molecular formula is C13H15FO5S. The molecule has 1 unspecified atom stereocenters. The molecule has 1 aliphatic heterocycles. The smallest absolute Gasteiger partial charge is 0.338 e. The van der Waals surface area contributed by atoms with Gasteiger partial charge in [0.15, 0.2) is 9.84 Å². The van der Waals surface area contributed by atoms with Crippen LogP contribution in [0.3, 0.4) is 0 Å². The van der Waals surface area contributed by atoms with E-state index in [1.165, 1.54) is 6.92 Å². The lowest BCUT2D eigenvalue weighted by molar-refractivity contribution is 0.0691. The quantitative estimate of drug-likeness (QED) is 0.858. The Morgan fingerprint density at radius 1 is 1.50 bits per heavy atom. The molecule has 1 saturated heterocycles. The lowest BCUT2D eigenvalue weighted by Crippen LogP contribution is -2.21. The number of hydrogen-bond acceptors (Lipinski definition) is 4. The Labute approximate surface area is 116 Å². The maximum atomic E-state index is 13.6. The Kier molecular flexibility index (Phi) is 4.10. The second-order valence-corrected chi connectivity index (χ2v) is 6.86. The van der Waals surface area contributed by atoms with Crippen LogP contribution in [-0.2, 0) is 14.6 Å². The number of rotatable bonds is 4. The van der Waals surface area contributed by atoms with Crippen molar-refractivity contribution in [2.45, 2.75) is 30.8 Å². The highest BCUT2D eigenvalue weighted by atomic mass is 32.2. The number of benzene rings is 1. The first-order chi connectivity index (χ1) is 9.31. The van der Waals surface area contributed by atoms with Gasteiger partial charge >= 0.3 is 5.97 Å². The fourth-order valence-corrected chi connectivity index (χ4v) is 3.79. The predicted octanol–water partition coefficient (Wildman–Crippen LogP) is 1.79. The van der Waals surface area contributed by atoms with Gasteiger partial charge in [0, 0.05) is 6.61 Å². The number of aryl methyl sites for hydroxylation is 1. The molecule has 0 spiro atoms. The van der Waals surface area contributed by atoms with E-state index in [2.05, 4.69) is 0 Å². The van der Waals surface area contributed by atoms with Crippen molar-refractivity contribution in [2.24, 2.45) is 0 Å². The van der Waals surface area contributed by atoms with Crippen LogP contribution in [0.1, 0.15) is 28.8 Å². The molecule has 0 saturated carbocycles. The van der Waals surface area contributed by atoms with E-state index in [-0.39, 0.29) is 22.3 Å². The average molecular weight is 302 g/mol. The van der Waals surface area contributed by atoms with Gasteiger partial charge in [-0.05, 0) is 37.5 Å². The Bertz CT molecular complexity index is 632. The minimum Gasteiger partial charge on any atom is -0.478 e. The highest BCUT2D eigenvalue weighted by Gasteiger charge is 2.27. The molecular weight excluding hydrogens is 287 g/mol. The zero-order valence-corrected chi connectivity index (χ0v) is 11.7. The molecule has 1 aliphatic rings. The number of aromatic carboxylic acids is 1. The van der Waals surface area contributed by atoms with Gasteiger partial charge in [-0.15, -0.1) is 0 Å². The highest BCUT2D eigenvalue weighted by molar-refractivity contribution is 7.91. The summed E-state index contributed by atoms with van der Waals surface area (Å²) in [4.78, 5) is 10.8. The lowest BCUT2D eigenvalue weighted by atomic mass is 10.1. The number of hydrogen-bond donors (Lipinski definition) is 1. The summed E-state index contributed by atoms with van der Waals surface area (Å²) < 4.78 is 43.4. The summed E-state index contributed by atoms with van der Waals surface area (Å²) in [5, 5.41) is 8.90. The zero-order valence-electron chi connectivity index (χ0n) is 10.9. The highest BCUT2D eigenvalue weighted by Crippen LogP contribution is 2.23. The molecule has 0 radical (unpaired) electrons. The van der Waals surface area contributed by atoms with Gasteiger partial charge in [0.05, 0.1) is 22.3 Å². The number of halogens is 1. The van der Waals surface area contributed by atoms with Crippen LogP contribution in [0.15, 0.2) is 17.0 Å². The van der Waals surface area contributed by atoms with Crippen molar-refractivity contribution in [3.8, 4) is 0 Å². The van der Waals surface area contributed by atoms with Crippen molar-refractivity contribution in [1.82, 2.24) is 0 Å². The van der Waals surface area contributed by atoms with Crippen molar-refractivity contribution in [3.05, 3.63) is 29.1 Å². The number of carboxylic acid groups (broad SMARTS) is 1. The maximum Gasteiger partial charge on any atom is 0.338 e. The monoisotopic (exact) mass is 302 g/mol. The normalized spacial score (nSPS) is 19.2. The van der Waals surface area contributed by atoms with E-state index in [0.29, 0.717) is 13.0 Å². The standard InChI is InChI=1S/C13H15FO5S/c1-8-5-10(6-11(12(8)14)13(15)16)20(17,18)7-9-3-2-4-19-9/h5-6,9H,2-4,7H2,1H3,(H,15,16). The summed E-state index contributed by atoms with van der Waals surface area (Å²) in [6, 6.07) is 2.03. The van der Waals surface area contributed by atoms with Crippen LogP contribution in [0.2, 0.25) is 0 Å². The summed E-state index contributed by atoms with van der Waals surface area (Å²) in [5.74, 6) is -2.61. The lowest BCUT2D eigenvalue weighted by Gasteiger charge is -2.12. The fourth-order valence-electron chi connectivity index (χ4n) is 2.19. The number of carboxylic acids is 1. The molecule has 20 heavy (non-hydrogen) atoms. The zero-order chi connectivity index (χ0) is 14.9. The van der Waals surface area contributed by atoms with Gasteiger partial charge < -0.3 is 9.84 Å². The summed E-state index contributed by atoms with van der Waals surface area (Å²) in [6.07, 6.45) is 1.09. The molecule has 1 aromatic carbocycles. The van der Waals surface area contributed by atoms with Crippen molar-refractivity contribution in [3.63, 3.8) is 0 Å². The number of sulfone groups is 1. The van der Waals surface area contributed by atoms with Crippen LogP contribution in [-0.4, -0.2) is 38.0 Å². The largest absolute Gasteiger partial charge is 0.478 e. The second-order valence-electron chi connectivity index (χ2n) is 4.82. The van der Waals surface area contributed by atoms with Gasteiger partial charge in [-0.25, -0.2) is 17.6 Å². The van der Waals surface area contributed by atoms with E-state index >= 15 is 0 Å². The third kappa shape index (κ3) is 2.99. The topological polar surface area (TPSA) is 80.7 Å². The predicted molar refractivity (Wildman–Crippen MR) is 69.1 cm³/mol. The Morgan fingerprint density at radius 2 is 2.20 bits per heavy atom. The van der Waals surface area contributed by atoms with E-state index in [1.807, 2.05) is 0 Å². The van der Waals surface area contributed by atoms with E-state index in [0.717, 1.165) is 18.6 Å². The molecule has 1 atom stereocenters. The Morgan fingerprint density at radius 3 is 2.75 bits per heavy atom. The molecule has 1 aromatic rings. The van der Waals surface area contributed by atoms with E-state index in [9.17, 15) is 17.6 Å². The van der Waals surface area contributed by atoms with Gasteiger partial charge in [-0.2, -0.15) is 0 Å². The van der Waals surface area contributed by atoms with Gasteiger partial charge in [0.2, 0.25) is 0 Å². The van der Waals surface area contributed by atoms with Crippen LogP contribution in [0.4, 0.5) is 4.39 Å². The molecule has 0 bridgehead atoms. The summed E-state index contributed by atoms with van der Waals surface area (Å²) in [6.45, 7) is 1.87. The fraction of sp³-hybridized carbons (Fsp3) is 0.462. The summed E-state index contributed by atoms with van der Waals surface area (Å²) >= 11 is 0. The molecule has 2 rings (SSSR count). The number of ether oxygens (including phenoxy) is 1. The van der Waals surface area contributed by atoms with Gasteiger partial charge in [-0.1, -0.05) is 0 Å². The Hall–Kier alpha value is -1.47. The van der Waals surface area contributed by atoms with Crippen molar-refractivity contribution < 1.29 is 27.4 Å². The maximum absolute atomic E-state index is 13.6. The minimum absolute atomic E-state index is 0.00387. The molecule has 7 heteroatoms. The average Bonchev–Trinajstić information content (AvgIpc) is 2.83. The minimum atomic E-state index is -3.69. The van der Waals surface area contributed by atoms with E-state index in [1.54, 1.807) is 0 Å². The molecule has 1 heterocycles. The third-order valence-electron chi connectivity index (χ3n) is 3.25. The van der Waals surface area contributed by atoms with Crippen molar-refractivity contribution >= 4 is 15.8 Å². The first-order valence-corrected chi connectivity index (χ1v) is 7.84. The Balaban J connectivity index is 2.38.